The Bertz CT molecular complexity index is 777. The van der Waals surface area contributed by atoms with Crippen molar-refractivity contribution in [3.8, 4) is 0 Å². The number of nitrogen functional groups attached to an aromatic ring is 1. The van der Waals surface area contributed by atoms with Crippen molar-refractivity contribution >= 4 is 17.7 Å². The van der Waals surface area contributed by atoms with Crippen molar-refractivity contribution in [1.29, 1.82) is 0 Å². The fourth-order valence-electron chi connectivity index (χ4n) is 3.10. The number of aliphatic carboxylic acids is 1. The second-order valence-electron chi connectivity index (χ2n) is 6.90. The van der Waals surface area contributed by atoms with E-state index in [-0.39, 0.29) is 5.92 Å². The molecule has 1 aliphatic heterocycles. The van der Waals surface area contributed by atoms with Crippen molar-refractivity contribution in [2.24, 2.45) is 0 Å². The van der Waals surface area contributed by atoms with E-state index in [4.69, 9.17) is 5.73 Å². The molecule has 3 rings (SSSR count). The zero-order chi connectivity index (χ0) is 18.2. The van der Waals surface area contributed by atoms with Gasteiger partial charge in [0.25, 0.3) is 0 Å². The van der Waals surface area contributed by atoms with Crippen LogP contribution in [0, 0.1) is 6.92 Å². The minimum absolute atomic E-state index is 0.260. The monoisotopic (exact) mass is 344 g/mol. The molecule has 2 aromatic rings. The molecule has 1 saturated heterocycles. The number of carboxylic acids is 1. The number of carbonyl (C=O) groups is 1. The Kier molecular flexibility index (Phi) is 4.36. The zero-order valence-electron chi connectivity index (χ0n) is 14.8. The molecule has 0 atom stereocenters. The quantitative estimate of drug-likeness (QED) is 0.869. The topological polar surface area (TPSA) is 110 Å². The van der Waals surface area contributed by atoms with Crippen LogP contribution in [0.15, 0.2) is 18.5 Å². The van der Waals surface area contributed by atoms with Gasteiger partial charge in [-0.2, -0.15) is 10.1 Å². The second kappa shape index (κ2) is 6.34. The second-order valence-corrected chi connectivity index (χ2v) is 6.90. The van der Waals surface area contributed by atoms with Gasteiger partial charge < -0.3 is 15.7 Å². The lowest BCUT2D eigenvalue weighted by atomic mass is 9.88. The number of hydrogen-bond acceptors (Lipinski definition) is 6. The Morgan fingerprint density at radius 3 is 2.56 bits per heavy atom. The third-order valence-electron chi connectivity index (χ3n) is 4.91. The lowest BCUT2D eigenvalue weighted by Gasteiger charge is -2.39. The van der Waals surface area contributed by atoms with E-state index in [0.717, 1.165) is 11.3 Å². The molecular weight excluding hydrogens is 320 g/mol. The van der Waals surface area contributed by atoms with Gasteiger partial charge in [0.2, 0.25) is 5.95 Å². The molecule has 0 amide bonds. The molecule has 25 heavy (non-hydrogen) atoms. The lowest BCUT2D eigenvalue weighted by Crippen LogP contribution is -2.51. The van der Waals surface area contributed by atoms with Crippen molar-refractivity contribution in [1.82, 2.24) is 19.7 Å². The molecule has 2 aromatic heterocycles. The molecule has 0 aromatic carbocycles. The van der Waals surface area contributed by atoms with Crippen LogP contribution in [0.1, 0.15) is 43.9 Å². The Morgan fingerprint density at radius 2 is 2.04 bits per heavy atom. The van der Waals surface area contributed by atoms with Gasteiger partial charge >= 0.3 is 5.97 Å². The summed E-state index contributed by atoms with van der Waals surface area (Å²) >= 11 is 0. The molecule has 0 radical (unpaired) electrons. The predicted octanol–water partition coefficient (Wildman–Crippen LogP) is 1.77. The number of rotatable bonds is 4. The minimum atomic E-state index is -1.03. The number of nitrogens with two attached hydrogens (primary N) is 1. The first-order valence-corrected chi connectivity index (χ1v) is 8.47. The van der Waals surface area contributed by atoms with Crippen LogP contribution in [-0.2, 0) is 10.3 Å². The summed E-state index contributed by atoms with van der Waals surface area (Å²) in [5.74, 6) is 0.408. The van der Waals surface area contributed by atoms with E-state index < -0.39 is 11.5 Å². The average Bonchev–Trinajstić information content (AvgIpc) is 3.08. The highest BCUT2D eigenvalue weighted by atomic mass is 16.4. The van der Waals surface area contributed by atoms with Crippen LogP contribution in [0.2, 0.25) is 0 Å². The molecule has 8 nitrogen and oxygen atoms in total. The molecule has 3 heterocycles. The number of carboxylic acid groups (broad SMARTS) is 1. The van der Waals surface area contributed by atoms with E-state index in [1.54, 1.807) is 17.1 Å². The minimum Gasteiger partial charge on any atom is -0.479 e. The average molecular weight is 344 g/mol. The SMILES string of the molecule is Cc1cnc(N2CCC(C(=O)O)(n3ccc(C(C)C)n3)CC2)nc1N. The number of aryl methyl sites for hydroxylation is 1. The van der Waals surface area contributed by atoms with Crippen LogP contribution in [0.4, 0.5) is 11.8 Å². The van der Waals surface area contributed by atoms with Gasteiger partial charge in [0.1, 0.15) is 5.82 Å². The Labute approximate surface area is 146 Å². The maximum absolute atomic E-state index is 12.1. The molecular formula is C17H24N6O2. The van der Waals surface area contributed by atoms with E-state index in [1.165, 1.54) is 0 Å². The van der Waals surface area contributed by atoms with Gasteiger partial charge in [-0.1, -0.05) is 13.8 Å². The third kappa shape index (κ3) is 3.04. The fraction of sp³-hybridized carbons (Fsp3) is 0.529. The molecule has 0 bridgehead atoms. The van der Waals surface area contributed by atoms with Gasteiger partial charge in [-0.3, -0.25) is 4.68 Å². The predicted molar refractivity (Wildman–Crippen MR) is 94.6 cm³/mol. The number of aromatic nitrogens is 4. The summed E-state index contributed by atoms with van der Waals surface area (Å²) in [5, 5.41) is 14.4. The summed E-state index contributed by atoms with van der Waals surface area (Å²) < 4.78 is 1.62. The van der Waals surface area contributed by atoms with E-state index >= 15 is 0 Å². The van der Waals surface area contributed by atoms with Gasteiger partial charge in [-0.25, -0.2) is 9.78 Å². The van der Waals surface area contributed by atoms with E-state index in [9.17, 15) is 9.90 Å². The molecule has 0 saturated carbocycles. The Morgan fingerprint density at radius 1 is 1.36 bits per heavy atom. The molecule has 8 heteroatoms. The van der Waals surface area contributed by atoms with Gasteiger partial charge in [-0.15, -0.1) is 0 Å². The summed E-state index contributed by atoms with van der Waals surface area (Å²) in [6, 6.07) is 1.89. The third-order valence-corrected chi connectivity index (χ3v) is 4.91. The smallest absolute Gasteiger partial charge is 0.331 e. The van der Waals surface area contributed by atoms with Gasteiger partial charge in [0, 0.05) is 43.9 Å². The first-order valence-electron chi connectivity index (χ1n) is 8.47. The van der Waals surface area contributed by atoms with Crippen molar-refractivity contribution < 1.29 is 9.90 Å². The summed E-state index contributed by atoms with van der Waals surface area (Å²) in [5.41, 5.74) is 6.57. The maximum Gasteiger partial charge on any atom is 0.331 e. The van der Waals surface area contributed by atoms with E-state index in [0.29, 0.717) is 37.7 Å². The highest BCUT2D eigenvalue weighted by Crippen LogP contribution is 2.32. The highest BCUT2D eigenvalue weighted by molar-refractivity contribution is 5.77. The maximum atomic E-state index is 12.1. The first-order chi connectivity index (χ1) is 11.8. The highest BCUT2D eigenvalue weighted by Gasteiger charge is 2.44. The molecule has 0 unspecified atom stereocenters. The standard InChI is InChI=1S/C17H24N6O2/c1-11(2)13-4-7-23(21-13)17(15(24)25)5-8-22(9-6-17)16-19-10-12(3)14(18)20-16/h4,7,10-11H,5-6,8-9H2,1-3H3,(H,24,25)(H2,18,19,20). The van der Waals surface area contributed by atoms with Crippen LogP contribution < -0.4 is 10.6 Å². The summed E-state index contributed by atoms with van der Waals surface area (Å²) in [6.45, 7) is 7.01. The molecule has 1 aliphatic rings. The molecule has 0 aliphatic carbocycles. The number of piperidine rings is 1. The first kappa shape index (κ1) is 17.2. The fourth-order valence-corrected chi connectivity index (χ4v) is 3.10. The van der Waals surface area contributed by atoms with Gasteiger partial charge in [0.05, 0.1) is 5.69 Å². The van der Waals surface area contributed by atoms with Crippen LogP contribution in [0.25, 0.3) is 0 Å². The largest absolute Gasteiger partial charge is 0.479 e. The van der Waals surface area contributed by atoms with Crippen molar-refractivity contribution in [3.63, 3.8) is 0 Å². The van der Waals surface area contributed by atoms with Gasteiger partial charge in [0.15, 0.2) is 5.54 Å². The summed E-state index contributed by atoms with van der Waals surface area (Å²) in [4.78, 5) is 22.7. The van der Waals surface area contributed by atoms with Crippen molar-refractivity contribution in [2.75, 3.05) is 23.7 Å². The van der Waals surface area contributed by atoms with Gasteiger partial charge in [-0.05, 0) is 18.9 Å². The number of nitrogens with zero attached hydrogens (tertiary/aromatic N) is 5. The van der Waals surface area contributed by atoms with Crippen LogP contribution in [0.5, 0.6) is 0 Å². The normalized spacial score (nSPS) is 17.0. The Hall–Kier alpha value is -2.64. The van der Waals surface area contributed by atoms with E-state index in [2.05, 4.69) is 15.1 Å². The summed E-state index contributed by atoms with van der Waals surface area (Å²) in [7, 11) is 0. The zero-order valence-corrected chi connectivity index (χ0v) is 14.8. The lowest BCUT2D eigenvalue weighted by molar-refractivity contribution is -0.149. The molecule has 134 valence electrons. The van der Waals surface area contributed by atoms with Crippen molar-refractivity contribution in [3.05, 3.63) is 29.7 Å². The Balaban J connectivity index is 1.82. The van der Waals surface area contributed by atoms with Crippen LogP contribution in [0.3, 0.4) is 0 Å². The number of anilines is 2. The number of hydrogen-bond donors (Lipinski definition) is 2. The van der Waals surface area contributed by atoms with Crippen LogP contribution in [-0.4, -0.2) is 43.9 Å². The molecule has 0 spiro atoms. The molecule has 3 N–H and O–H groups in total. The van der Waals surface area contributed by atoms with E-state index in [1.807, 2.05) is 31.7 Å². The van der Waals surface area contributed by atoms with Crippen molar-refractivity contribution in [2.45, 2.75) is 45.1 Å². The molecule has 1 fully saturated rings. The van der Waals surface area contributed by atoms with Crippen LogP contribution >= 0.6 is 0 Å². The summed E-state index contributed by atoms with van der Waals surface area (Å²) in [6.07, 6.45) is 4.33.